The van der Waals surface area contributed by atoms with Gasteiger partial charge in [-0.2, -0.15) is 0 Å². The van der Waals surface area contributed by atoms with Gasteiger partial charge in [0.25, 0.3) is 5.91 Å². The maximum atomic E-state index is 13.3. The summed E-state index contributed by atoms with van der Waals surface area (Å²) in [6.07, 6.45) is 0. The summed E-state index contributed by atoms with van der Waals surface area (Å²) in [6, 6.07) is 14.9. The molecule has 0 radical (unpaired) electrons. The fourth-order valence-corrected chi connectivity index (χ4v) is 3.06. The summed E-state index contributed by atoms with van der Waals surface area (Å²) in [7, 11) is 0. The van der Waals surface area contributed by atoms with E-state index in [-0.39, 0.29) is 29.5 Å². The van der Waals surface area contributed by atoms with E-state index in [4.69, 9.17) is 10.5 Å². The molecule has 27 heavy (non-hydrogen) atoms. The number of ketones is 1. The summed E-state index contributed by atoms with van der Waals surface area (Å²) in [5.41, 5.74) is 7.81. The maximum absolute atomic E-state index is 13.3. The number of hydrogen-bond donors (Lipinski definition) is 1. The van der Waals surface area contributed by atoms with E-state index in [1.807, 2.05) is 30.3 Å². The molecule has 3 rings (SSSR count). The topological polar surface area (TPSA) is 74.3 Å². The van der Waals surface area contributed by atoms with Gasteiger partial charge in [-0.1, -0.05) is 30.3 Å². The fourth-order valence-electron chi connectivity index (χ4n) is 3.06. The first-order chi connectivity index (χ1) is 12.9. The highest BCUT2D eigenvalue weighted by molar-refractivity contribution is 6.02. The van der Waals surface area contributed by atoms with Gasteiger partial charge in [0.05, 0.1) is 5.69 Å². The Morgan fingerprint density at radius 2 is 1.67 bits per heavy atom. The lowest BCUT2D eigenvalue weighted by Crippen LogP contribution is -2.19. The molecule has 2 aromatic carbocycles. The first-order valence-corrected chi connectivity index (χ1v) is 8.39. The van der Waals surface area contributed by atoms with Crippen LogP contribution in [0.25, 0.3) is 5.69 Å². The number of primary amides is 1. The quantitative estimate of drug-likeness (QED) is 0.674. The van der Waals surface area contributed by atoms with Crippen LogP contribution in [0.4, 0.5) is 4.39 Å². The summed E-state index contributed by atoms with van der Waals surface area (Å²) in [5, 5.41) is 0. The maximum Gasteiger partial charge on any atom is 0.269 e. The predicted octanol–water partition coefficient (Wildman–Crippen LogP) is 3.81. The third kappa shape index (κ3) is 3.60. The number of carbonyl (C=O) groups excluding carboxylic acids is 2. The largest absolute Gasteiger partial charge is 0.486 e. The average Bonchev–Trinajstić information content (AvgIpc) is 2.94. The van der Waals surface area contributed by atoms with Gasteiger partial charge in [0, 0.05) is 18.2 Å². The Bertz CT molecular complexity index is 993. The number of rotatable bonds is 6. The zero-order valence-corrected chi connectivity index (χ0v) is 15.0. The SMILES string of the molecule is CC(=O)c1c(C)c(OCc2ccccc2)c(C(N)=O)n1-c1ccc(F)cc1. The van der Waals surface area contributed by atoms with Gasteiger partial charge in [-0.15, -0.1) is 0 Å². The van der Waals surface area contributed by atoms with Crippen LogP contribution in [-0.4, -0.2) is 16.3 Å². The summed E-state index contributed by atoms with van der Waals surface area (Å²) in [6.45, 7) is 3.31. The van der Waals surface area contributed by atoms with E-state index < -0.39 is 11.7 Å². The highest BCUT2D eigenvalue weighted by Crippen LogP contribution is 2.34. The summed E-state index contributed by atoms with van der Waals surface area (Å²) in [5.74, 6) is -1.17. The van der Waals surface area contributed by atoms with Crippen molar-refractivity contribution in [3.63, 3.8) is 0 Å². The standard InChI is InChI=1S/C21H19FN2O3/c1-13-18(14(2)25)24(17-10-8-16(22)9-11-17)19(21(23)26)20(13)27-12-15-6-4-3-5-7-15/h3-11H,12H2,1-2H3,(H2,23,26). The highest BCUT2D eigenvalue weighted by Gasteiger charge is 2.28. The Balaban J connectivity index is 2.15. The van der Waals surface area contributed by atoms with Gasteiger partial charge in [0.2, 0.25) is 0 Å². The number of halogens is 1. The van der Waals surface area contributed by atoms with E-state index in [0.29, 0.717) is 11.3 Å². The van der Waals surface area contributed by atoms with Gasteiger partial charge < -0.3 is 10.5 Å². The van der Waals surface area contributed by atoms with E-state index in [2.05, 4.69) is 0 Å². The van der Waals surface area contributed by atoms with Crippen LogP contribution in [0.5, 0.6) is 5.75 Å². The zero-order valence-electron chi connectivity index (χ0n) is 15.0. The number of ether oxygens (including phenoxy) is 1. The predicted molar refractivity (Wildman–Crippen MR) is 99.8 cm³/mol. The first-order valence-electron chi connectivity index (χ1n) is 8.39. The number of Topliss-reactive ketones (excluding diaryl/α,β-unsaturated/α-hetero) is 1. The zero-order chi connectivity index (χ0) is 19.6. The van der Waals surface area contributed by atoms with Crippen molar-refractivity contribution < 1.29 is 18.7 Å². The van der Waals surface area contributed by atoms with Crippen LogP contribution in [0.3, 0.4) is 0 Å². The van der Waals surface area contributed by atoms with E-state index in [0.717, 1.165) is 5.56 Å². The summed E-state index contributed by atoms with van der Waals surface area (Å²) < 4.78 is 20.6. The molecule has 5 nitrogen and oxygen atoms in total. The normalized spacial score (nSPS) is 10.6. The van der Waals surface area contributed by atoms with Gasteiger partial charge in [0.15, 0.2) is 17.2 Å². The molecule has 0 saturated heterocycles. The molecule has 0 spiro atoms. The van der Waals surface area contributed by atoms with Crippen molar-refractivity contribution in [2.75, 3.05) is 0 Å². The third-order valence-corrected chi connectivity index (χ3v) is 4.24. The average molecular weight is 366 g/mol. The van der Waals surface area contributed by atoms with Crippen LogP contribution in [0, 0.1) is 12.7 Å². The molecule has 1 aromatic heterocycles. The second-order valence-corrected chi connectivity index (χ2v) is 6.16. The number of benzene rings is 2. The number of carbonyl (C=O) groups is 2. The van der Waals surface area contributed by atoms with Gasteiger partial charge in [-0.3, -0.25) is 14.2 Å². The molecule has 1 heterocycles. The molecule has 0 unspecified atom stereocenters. The molecule has 2 N–H and O–H groups in total. The molecule has 0 fully saturated rings. The van der Waals surface area contributed by atoms with Gasteiger partial charge >= 0.3 is 0 Å². The minimum absolute atomic E-state index is 0.0558. The van der Waals surface area contributed by atoms with E-state index in [1.165, 1.54) is 35.8 Å². The summed E-state index contributed by atoms with van der Waals surface area (Å²) in [4.78, 5) is 24.5. The Morgan fingerprint density at radius 1 is 1.04 bits per heavy atom. The molecule has 0 atom stereocenters. The number of hydrogen-bond acceptors (Lipinski definition) is 3. The van der Waals surface area contributed by atoms with E-state index in [9.17, 15) is 14.0 Å². The minimum Gasteiger partial charge on any atom is -0.486 e. The van der Waals surface area contributed by atoms with Crippen molar-refractivity contribution in [2.24, 2.45) is 5.73 Å². The molecule has 0 bridgehead atoms. The van der Waals surface area contributed by atoms with Crippen molar-refractivity contribution in [3.05, 3.63) is 82.9 Å². The molecule has 0 saturated carbocycles. The van der Waals surface area contributed by atoms with Crippen molar-refractivity contribution in [2.45, 2.75) is 20.5 Å². The monoisotopic (exact) mass is 366 g/mol. The van der Waals surface area contributed by atoms with Crippen molar-refractivity contribution in [1.82, 2.24) is 4.57 Å². The lowest BCUT2D eigenvalue weighted by molar-refractivity contribution is 0.0989. The van der Waals surface area contributed by atoms with Crippen molar-refractivity contribution in [1.29, 1.82) is 0 Å². The molecular weight excluding hydrogens is 347 g/mol. The van der Waals surface area contributed by atoms with Crippen molar-refractivity contribution >= 4 is 11.7 Å². The van der Waals surface area contributed by atoms with Crippen LogP contribution >= 0.6 is 0 Å². The molecule has 0 aliphatic heterocycles. The molecular formula is C21H19FN2O3. The van der Waals surface area contributed by atoms with Crippen LogP contribution in [0.2, 0.25) is 0 Å². The number of nitrogens with zero attached hydrogens (tertiary/aromatic N) is 1. The number of amides is 1. The highest BCUT2D eigenvalue weighted by atomic mass is 19.1. The first kappa shape index (κ1) is 18.4. The van der Waals surface area contributed by atoms with Gasteiger partial charge in [0.1, 0.15) is 12.4 Å². The second kappa shape index (κ2) is 7.45. The molecule has 0 aliphatic carbocycles. The molecule has 6 heteroatoms. The van der Waals surface area contributed by atoms with Crippen LogP contribution < -0.4 is 10.5 Å². The number of nitrogens with two attached hydrogens (primary N) is 1. The number of aromatic nitrogens is 1. The Labute approximate surface area is 156 Å². The molecule has 138 valence electrons. The minimum atomic E-state index is -0.738. The third-order valence-electron chi connectivity index (χ3n) is 4.24. The lowest BCUT2D eigenvalue weighted by Gasteiger charge is -2.11. The Morgan fingerprint density at radius 3 is 2.22 bits per heavy atom. The van der Waals surface area contributed by atoms with Crippen LogP contribution in [-0.2, 0) is 6.61 Å². The van der Waals surface area contributed by atoms with Gasteiger partial charge in [-0.25, -0.2) is 4.39 Å². The smallest absolute Gasteiger partial charge is 0.269 e. The van der Waals surface area contributed by atoms with E-state index >= 15 is 0 Å². The van der Waals surface area contributed by atoms with Gasteiger partial charge in [-0.05, 0) is 36.8 Å². The van der Waals surface area contributed by atoms with Crippen LogP contribution in [0.15, 0.2) is 54.6 Å². The summed E-state index contributed by atoms with van der Waals surface area (Å²) >= 11 is 0. The second-order valence-electron chi connectivity index (χ2n) is 6.16. The van der Waals surface area contributed by atoms with Crippen molar-refractivity contribution in [3.8, 4) is 11.4 Å². The Hall–Kier alpha value is -3.41. The fraction of sp³-hybridized carbons (Fsp3) is 0.143. The molecule has 0 aliphatic rings. The lowest BCUT2D eigenvalue weighted by atomic mass is 10.2. The van der Waals surface area contributed by atoms with E-state index in [1.54, 1.807) is 6.92 Å². The molecule has 1 amide bonds. The molecule has 3 aromatic rings. The van der Waals surface area contributed by atoms with Crippen LogP contribution in [0.1, 0.15) is 39.0 Å². The Kier molecular flexibility index (Phi) is 5.07.